The molecule has 0 saturated heterocycles. The first-order chi connectivity index (χ1) is 10.6. The number of hydrogen-bond acceptors (Lipinski definition) is 2. The van der Waals surface area contributed by atoms with E-state index in [4.69, 9.17) is 10.5 Å². The predicted molar refractivity (Wildman–Crippen MR) is 93.6 cm³/mol. The van der Waals surface area contributed by atoms with Crippen LogP contribution in [0.25, 0.3) is 0 Å². The molecule has 2 aromatic carbocycles. The highest BCUT2D eigenvalue weighted by molar-refractivity contribution is 5.39. The SMILES string of the molecule is CCC(CCC(C)N)c1ccc(Oc2ccccc2)cc1C. The predicted octanol–water partition coefficient (Wildman–Crippen LogP) is 5.41. The van der Waals surface area contributed by atoms with Crippen molar-refractivity contribution in [3.05, 3.63) is 59.7 Å². The first-order valence-corrected chi connectivity index (χ1v) is 8.19. The van der Waals surface area contributed by atoms with Gasteiger partial charge in [0, 0.05) is 6.04 Å². The Bertz CT molecular complexity index is 578. The molecule has 0 saturated carbocycles. The summed E-state index contributed by atoms with van der Waals surface area (Å²) < 4.78 is 5.91. The Balaban J connectivity index is 2.11. The van der Waals surface area contributed by atoms with Crippen molar-refractivity contribution >= 4 is 0 Å². The van der Waals surface area contributed by atoms with E-state index < -0.39 is 0 Å². The smallest absolute Gasteiger partial charge is 0.127 e. The van der Waals surface area contributed by atoms with Crippen LogP contribution in [0.3, 0.4) is 0 Å². The van der Waals surface area contributed by atoms with Crippen LogP contribution in [0.1, 0.15) is 50.2 Å². The van der Waals surface area contributed by atoms with Crippen LogP contribution < -0.4 is 10.5 Å². The average Bonchev–Trinajstić information content (AvgIpc) is 2.50. The van der Waals surface area contributed by atoms with E-state index in [9.17, 15) is 0 Å². The third-order valence-electron chi connectivity index (χ3n) is 4.12. The molecule has 0 amide bonds. The Morgan fingerprint density at radius 2 is 1.73 bits per heavy atom. The van der Waals surface area contributed by atoms with Crippen LogP contribution in [-0.2, 0) is 0 Å². The summed E-state index contributed by atoms with van der Waals surface area (Å²) in [5.41, 5.74) is 8.62. The fraction of sp³-hybridized carbons (Fsp3) is 0.400. The lowest BCUT2D eigenvalue weighted by Crippen LogP contribution is -2.16. The van der Waals surface area contributed by atoms with Crippen molar-refractivity contribution in [1.29, 1.82) is 0 Å². The molecule has 0 aliphatic carbocycles. The molecule has 0 aliphatic rings. The molecular weight excluding hydrogens is 270 g/mol. The van der Waals surface area contributed by atoms with Crippen LogP contribution in [0.2, 0.25) is 0 Å². The Hall–Kier alpha value is -1.80. The zero-order valence-electron chi connectivity index (χ0n) is 13.9. The Morgan fingerprint density at radius 3 is 2.32 bits per heavy atom. The summed E-state index contributed by atoms with van der Waals surface area (Å²) >= 11 is 0. The Kier molecular flexibility index (Phi) is 6.02. The number of para-hydroxylation sites is 1. The van der Waals surface area contributed by atoms with Crippen LogP contribution in [0, 0.1) is 6.92 Å². The Labute approximate surface area is 134 Å². The third kappa shape index (κ3) is 4.60. The molecule has 0 aromatic heterocycles. The minimum Gasteiger partial charge on any atom is -0.457 e. The molecule has 2 unspecified atom stereocenters. The van der Waals surface area contributed by atoms with Gasteiger partial charge in [-0.1, -0.05) is 31.2 Å². The molecule has 2 nitrogen and oxygen atoms in total. The van der Waals surface area contributed by atoms with Gasteiger partial charge < -0.3 is 10.5 Å². The summed E-state index contributed by atoms with van der Waals surface area (Å²) in [6, 6.07) is 16.6. The van der Waals surface area contributed by atoms with Crippen molar-refractivity contribution in [3.8, 4) is 11.5 Å². The van der Waals surface area contributed by atoms with Crippen molar-refractivity contribution < 1.29 is 4.74 Å². The highest BCUT2D eigenvalue weighted by Gasteiger charge is 2.13. The van der Waals surface area contributed by atoms with E-state index in [1.54, 1.807) is 0 Å². The molecule has 0 bridgehead atoms. The molecule has 0 radical (unpaired) electrons. The van der Waals surface area contributed by atoms with E-state index >= 15 is 0 Å². The van der Waals surface area contributed by atoms with Gasteiger partial charge >= 0.3 is 0 Å². The first-order valence-electron chi connectivity index (χ1n) is 8.19. The zero-order chi connectivity index (χ0) is 15.9. The molecule has 0 fully saturated rings. The van der Waals surface area contributed by atoms with Crippen LogP contribution in [0.15, 0.2) is 48.5 Å². The maximum atomic E-state index is 5.91. The van der Waals surface area contributed by atoms with Gasteiger partial charge in [0.05, 0.1) is 0 Å². The second kappa shape index (κ2) is 8.00. The van der Waals surface area contributed by atoms with Gasteiger partial charge in [0.25, 0.3) is 0 Å². The lowest BCUT2D eigenvalue weighted by molar-refractivity contribution is 0.480. The summed E-state index contributed by atoms with van der Waals surface area (Å²) in [7, 11) is 0. The number of benzene rings is 2. The number of nitrogens with two attached hydrogens (primary N) is 1. The molecule has 22 heavy (non-hydrogen) atoms. The van der Waals surface area contributed by atoms with Crippen molar-refractivity contribution in [1.82, 2.24) is 0 Å². The van der Waals surface area contributed by atoms with Crippen LogP contribution in [-0.4, -0.2) is 6.04 Å². The topological polar surface area (TPSA) is 35.2 Å². The second-order valence-corrected chi connectivity index (χ2v) is 6.09. The normalized spacial score (nSPS) is 13.6. The van der Waals surface area contributed by atoms with E-state index in [-0.39, 0.29) is 6.04 Å². The first kappa shape index (κ1) is 16.6. The van der Waals surface area contributed by atoms with Crippen molar-refractivity contribution in [2.24, 2.45) is 5.73 Å². The highest BCUT2D eigenvalue weighted by atomic mass is 16.5. The quantitative estimate of drug-likeness (QED) is 0.741. The summed E-state index contributed by atoms with van der Waals surface area (Å²) in [5.74, 6) is 2.35. The third-order valence-corrected chi connectivity index (χ3v) is 4.12. The maximum absolute atomic E-state index is 5.91. The van der Waals surface area contributed by atoms with Crippen LogP contribution >= 0.6 is 0 Å². The number of ether oxygens (including phenoxy) is 1. The number of hydrogen-bond donors (Lipinski definition) is 1. The van der Waals surface area contributed by atoms with Gasteiger partial charge in [-0.25, -0.2) is 0 Å². The van der Waals surface area contributed by atoms with Gasteiger partial charge in [0.15, 0.2) is 0 Å². The number of aryl methyl sites for hydroxylation is 1. The standard InChI is InChI=1S/C20H27NO/c1-4-17(11-10-16(3)21)20-13-12-19(14-15(20)2)22-18-8-6-5-7-9-18/h5-9,12-14,16-17H,4,10-11,21H2,1-3H3. The van der Waals surface area contributed by atoms with Gasteiger partial charge in [-0.3, -0.25) is 0 Å². The van der Waals surface area contributed by atoms with E-state index in [1.807, 2.05) is 30.3 Å². The highest BCUT2D eigenvalue weighted by Crippen LogP contribution is 2.31. The molecule has 2 atom stereocenters. The largest absolute Gasteiger partial charge is 0.457 e. The van der Waals surface area contributed by atoms with E-state index in [1.165, 1.54) is 11.1 Å². The summed E-state index contributed by atoms with van der Waals surface area (Å²) in [6.07, 6.45) is 3.36. The van der Waals surface area contributed by atoms with Gasteiger partial charge in [0.1, 0.15) is 11.5 Å². The maximum Gasteiger partial charge on any atom is 0.127 e. The van der Waals surface area contributed by atoms with Crippen LogP contribution in [0.4, 0.5) is 0 Å². The van der Waals surface area contributed by atoms with Crippen molar-refractivity contribution in [3.63, 3.8) is 0 Å². The summed E-state index contributed by atoms with van der Waals surface area (Å²) in [6.45, 7) is 6.50. The molecule has 0 spiro atoms. The second-order valence-electron chi connectivity index (χ2n) is 6.09. The van der Waals surface area contributed by atoms with E-state index in [2.05, 4.69) is 39.0 Å². The zero-order valence-corrected chi connectivity index (χ0v) is 13.9. The number of rotatable bonds is 7. The van der Waals surface area contributed by atoms with Gasteiger partial charge in [0.2, 0.25) is 0 Å². The molecule has 0 aliphatic heterocycles. The van der Waals surface area contributed by atoms with Crippen LogP contribution in [0.5, 0.6) is 11.5 Å². The lowest BCUT2D eigenvalue weighted by atomic mass is 9.88. The average molecular weight is 297 g/mol. The van der Waals surface area contributed by atoms with Gasteiger partial charge in [-0.05, 0) is 74.4 Å². The molecule has 0 heterocycles. The molecular formula is C20H27NO. The van der Waals surface area contributed by atoms with Crippen molar-refractivity contribution in [2.75, 3.05) is 0 Å². The van der Waals surface area contributed by atoms with Crippen molar-refractivity contribution in [2.45, 2.75) is 52.0 Å². The Morgan fingerprint density at radius 1 is 1.00 bits per heavy atom. The fourth-order valence-corrected chi connectivity index (χ4v) is 2.84. The fourth-order valence-electron chi connectivity index (χ4n) is 2.84. The molecule has 118 valence electrons. The molecule has 2 N–H and O–H groups in total. The van der Waals surface area contributed by atoms with E-state index in [0.29, 0.717) is 5.92 Å². The minimum absolute atomic E-state index is 0.273. The minimum atomic E-state index is 0.273. The molecule has 2 heteroatoms. The summed E-state index contributed by atoms with van der Waals surface area (Å²) in [4.78, 5) is 0. The van der Waals surface area contributed by atoms with Gasteiger partial charge in [-0.15, -0.1) is 0 Å². The van der Waals surface area contributed by atoms with Gasteiger partial charge in [-0.2, -0.15) is 0 Å². The monoisotopic (exact) mass is 297 g/mol. The molecule has 2 aromatic rings. The molecule has 2 rings (SSSR count). The van der Waals surface area contributed by atoms with E-state index in [0.717, 1.165) is 30.8 Å². The lowest BCUT2D eigenvalue weighted by Gasteiger charge is -2.19. The summed E-state index contributed by atoms with van der Waals surface area (Å²) in [5, 5.41) is 0.